The number of halogens is 4. The van der Waals surface area contributed by atoms with Crippen LogP contribution in [-0.2, 0) is 6.18 Å². The summed E-state index contributed by atoms with van der Waals surface area (Å²) in [5.74, 6) is 0. The van der Waals surface area contributed by atoms with Crippen LogP contribution in [0.3, 0.4) is 0 Å². The molecule has 0 bridgehead atoms. The molecule has 2 aromatic rings. The van der Waals surface area contributed by atoms with E-state index in [2.05, 4.69) is 31.4 Å². The van der Waals surface area contributed by atoms with Crippen LogP contribution in [0.15, 0.2) is 33.2 Å². The third kappa shape index (κ3) is 3.57. The molecule has 0 spiro atoms. The molecule has 0 unspecified atom stereocenters. The summed E-state index contributed by atoms with van der Waals surface area (Å²) in [7, 11) is 0. The highest BCUT2D eigenvalue weighted by atomic mass is 79.9. The average Bonchev–Trinajstić information content (AvgIpc) is 2.76. The Kier molecular flexibility index (Phi) is 4.44. The van der Waals surface area contributed by atoms with Crippen molar-refractivity contribution in [3.63, 3.8) is 0 Å². The number of rotatable bonds is 3. The summed E-state index contributed by atoms with van der Waals surface area (Å²) >= 11 is 4.32. The Hall–Kier alpha value is -1.41. The van der Waals surface area contributed by atoms with Gasteiger partial charge in [-0.15, -0.1) is 11.3 Å². The molecule has 3 nitrogen and oxygen atoms in total. The van der Waals surface area contributed by atoms with Crippen LogP contribution in [0, 0.1) is 6.92 Å². The Balaban J connectivity index is 2.17. The van der Waals surface area contributed by atoms with Gasteiger partial charge in [-0.25, -0.2) is 4.98 Å². The van der Waals surface area contributed by atoms with Gasteiger partial charge in [0.1, 0.15) is 0 Å². The summed E-state index contributed by atoms with van der Waals surface area (Å²) in [5.41, 5.74) is 3.13. The van der Waals surface area contributed by atoms with Crippen LogP contribution < -0.4 is 5.43 Å². The van der Waals surface area contributed by atoms with Crippen molar-refractivity contribution in [2.75, 3.05) is 5.43 Å². The first-order chi connectivity index (χ1) is 9.38. The molecule has 8 heteroatoms. The molecule has 0 saturated carbocycles. The highest BCUT2D eigenvalue weighted by Gasteiger charge is 2.33. The van der Waals surface area contributed by atoms with E-state index < -0.39 is 11.7 Å². The molecule has 0 atom stereocenters. The summed E-state index contributed by atoms with van der Waals surface area (Å²) in [5, 5.41) is 6.32. The fourth-order valence-electron chi connectivity index (χ4n) is 1.43. The number of aromatic nitrogens is 1. The van der Waals surface area contributed by atoms with Gasteiger partial charge in [0, 0.05) is 15.4 Å². The monoisotopic (exact) mass is 363 g/mol. The molecule has 0 aliphatic carbocycles. The van der Waals surface area contributed by atoms with E-state index in [1.807, 2.05) is 12.3 Å². The van der Waals surface area contributed by atoms with Crippen molar-refractivity contribution < 1.29 is 13.2 Å². The predicted octanol–water partition coefficient (Wildman–Crippen LogP) is 4.68. The number of hydrogen-bond acceptors (Lipinski definition) is 4. The van der Waals surface area contributed by atoms with Gasteiger partial charge in [0.2, 0.25) is 5.13 Å². The van der Waals surface area contributed by atoms with Crippen LogP contribution in [0.4, 0.5) is 18.3 Å². The molecule has 0 radical (unpaired) electrons. The second-order valence-electron chi connectivity index (χ2n) is 3.87. The molecule has 1 heterocycles. The number of nitrogens with zero attached hydrogens (tertiary/aromatic N) is 2. The second-order valence-corrected chi connectivity index (χ2v) is 5.52. The van der Waals surface area contributed by atoms with Crippen molar-refractivity contribution >= 4 is 38.6 Å². The SMILES string of the molecule is Cc1csc(NN=Cc2cccc(C(F)(F)F)c2Br)n1. The topological polar surface area (TPSA) is 37.3 Å². The summed E-state index contributed by atoms with van der Waals surface area (Å²) < 4.78 is 38.1. The zero-order valence-corrected chi connectivity index (χ0v) is 12.6. The van der Waals surface area contributed by atoms with E-state index >= 15 is 0 Å². The molecular formula is C12H9BrF3N3S. The van der Waals surface area contributed by atoms with Crippen LogP contribution in [0.5, 0.6) is 0 Å². The lowest BCUT2D eigenvalue weighted by molar-refractivity contribution is -0.138. The fourth-order valence-corrected chi connectivity index (χ4v) is 2.66. The number of thiazole rings is 1. The van der Waals surface area contributed by atoms with Gasteiger partial charge in [-0.2, -0.15) is 18.3 Å². The lowest BCUT2D eigenvalue weighted by atomic mass is 10.1. The number of benzene rings is 1. The number of aryl methyl sites for hydroxylation is 1. The van der Waals surface area contributed by atoms with Crippen molar-refractivity contribution in [2.24, 2.45) is 5.10 Å². The number of nitrogens with one attached hydrogen (secondary N) is 1. The highest BCUT2D eigenvalue weighted by molar-refractivity contribution is 9.10. The van der Waals surface area contributed by atoms with E-state index in [0.29, 0.717) is 10.7 Å². The summed E-state index contributed by atoms with van der Waals surface area (Å²) in [6, 6.07) is 3.89. The average molecular weight is 364 g/mol. The zero-order chi connectivity index (χ0) is 14.8. The summed E-state index contributed by atoms with van der Waals surface area (Å²) in [4.78, 5) is 4.12. The van der Waals surface area contributed by atoms with Crippen LogP contribution in [0.25, 0.3) is 0 Å². The number of anilines is 1. The maximum absolute atomic E-state index is 12.7. The summed E-state index contributed by atoms with van der Waals surface area (Å²) in [6.07, 6.45) is -3.08. The summed E-state index contributed by atoms with van der Waals surface area (Å²) in [6.45, 7) is 1.84. The second kappa shape index (κ2) is 5.92. The first kappa shape index (κ1) is 15.0. The number of alkyl halides is 3. The largest absolute Gasteiger partial charge is 0.417 e. The van der Waals surface area contributed by atoms with Crippen LogP contribution in [0.1, 0.15) is 16.8 Å². The lowest BCUT2D eigenvalue weighted by Crippen LogP contribution is -2.07. The predicted molar refractivity (Wildman–Crippen MR) is 77.2 cm³/mol. The number of hydrogen-bond donors (Lipinski definition) is 1. The lowest BCUT2D eigenvalue weighted by Gasteiger charge is -2.10. The molecule has 20 heavy (non-hydrogen) atoms. The van der Waals surface area contributed by atoms with E-state index in [1.54, 1.807) is 0 Å². The van der Waals surface area contributed by atoms with Gasteiger partial charge in [0.05, 0.1) is 17.5 Å². The minimum absolute atomic E-state index is 0.0339. The molecule has 0 amide bonds. The molecule has 106 valence electrons. The zero-order valence-electron chi connectivity index (χ0n) is 10.2. The molecule has 0 saturated heterocycles. The third-order valence-corrected chi connectivity index (χ3v) is 4.07. The van der Waals surface area contributed by atoms with Crippen molar-refractivity contribution in [1.29, 1.82) is 0 Å². The van der Waals surface area contributed by atoms with Crippen molar-refractivity contribution in [3.8, 4) is 0 Å². The van der Waals surface area contributed by atoms with Gasteiger partial charge in [-0.3, -0.25) is 5.43 Å². The quantitative estimate of drug-likeness (QED) is 0.634. The van der Waals surface area contributed by atoms with Gasteiger partial charge in [0.25, 0.3) is 0 Å². The molecule has 1 aromatic heterocycles. The van der Waals surface area contributed by atoms with E-state index in [1.165, 1.54) is 29.7 Å². The molecular weight excluding hydrogens is 355 g/mol. The van der Waals surface area contributed by atoms with Gasteiger partial charge in [0.15, 0.2) is 0 Å². The first-order valence-corrected chi connectivity index (χ1v) is 7.12. The minimum Gasteiger partial charge on any atom is -0.253 e. The molecule has 0 fully saturated rings. The Morgan fingerprint density at radius 2 is 2.15 bits per heavy atom. The van der Waals surface area contributed by atoms with Crippen molar-refractivity contribution in [2.45, 2.75) is 13.1 Å². The van der Waals surface area contributed by atoms with E-state index in [4.69, 9.17) is 0 Å². The third-order valence-electron chi connectivity index (χ3n) is 2.32. The van der Waals surface area contributed by atoms with Crippen LogP contribution in [-0.4, -0.2) is 11.2 Å². The fraction of sp³-hybridized carbons (Fsp3) is 0.167. The Morgan fingerprint density at radius 3 is 2.75 bits per heavy atom. The van der Waals surface area contributed by atoms with Gasteiger partial charge >= 0.3 is 6.18 Å². The minimum atomic E-state index is -4.40. The number of hydrazone groups is 1. The van der Waals surface area contributed by atoms with Crippen LogP contribution in [0.2, 0.25) is 0 Å². The smallest absolute Gasteiger partial charge is 0.253 e. The Bertz CT molecular complexity index is 637. The molecule has 2 rings (SSSR count). The van der Waals surface area contributed by atoms with Crippen LogP contribution >= 0.6 is 27.3 Å². The normalized spacial score (nSPS) is 12.1. The van der Waals surface area contributed by atoms with Crippen molar-refractivity contribution in [1.82, 2.24) is 4.98 Å². The molecule has 1 N–H and O–H groups in total. The van der Waals surface area contributed by atoms with E-state index in [-0.39, 0.29) is 4.47 Å². The van der Waals surface area contributed by atoms with Crippen molar-refractivity contribution in [3.05, 3.63) is 44.9 Å². The van der Waals surface area contributed by atoms with Gasteiger partial charge < -0.3 is 0 Å². The standard InChI is InChI=1S/C12H9BrF3N3S/c1-7-6-20-11(18-7)19-17-5-8-3-2-4-9(10(8)13)12(14,15)16/h2-6H,1H3,(H,18,19). The maximum atomic E-state index is 12.7. The van der Waals surface area contributed by atoms with Gasteiger partial charge in [-0.1, -0.05) is 12.1 Å². The van der Waals surface area contributed by atoms with E-state index in [0.717, 1.165) is 11.8 Å². The Morgan fingerprint density at radius 1 is 1.40 bits per heavy atom. The highest BCUT2D eigenvalue weighted by Crippen LogP contribution is 2.35. The molecule has 0 aliphatic heterocycles. The Labute approximate surface area is 125 Å². The van der Waals surface area contributed by atoms with E-state index in [9.17, 15) is 13.2 Å². The molecule has 0 aliphatic rings. The van der Waals surface area contributed by atoms with Gasteiger partial charge in [-0.05, 0) is 28.9 Å². The maximum Gasteiger partial charge on any atom is 0.417 e. The first-order valence-electron chi connectivity index (χ1n) is 5.45. The molecule has 1 aromatic carbocycles.